The van der Waals surface area contributed by atoms with Crippen LogP contribution in [0.25, 0.3) is 43.8 Å². The third-order valence-corrected chi connectivity index (χ3v) is 8.76. The Morgan fingerprint density at radius 3 is 0.983 bits per heavy atom. The molecule has 0 bridgehead atoms. The molecule has 6 aromatic carbocycles. The summed E-state index contributed by atoms with van der Waals surface area (Å²) in [5, 5.41) is 2.91. The van der Waals surface area contributed by atoms with Crippen LogP contribution in [0.2, 0.25) is 13.1 Å². The van der Waals surface area contributed by atoms with Crippen molar-refractivity contribution >= 4 is 48.1 Å². The van der Waals surface area contributed by atoms with Crippen molar-refractivity contribution in [2.24, 2.45) is 0 Å². The summed E-state index contributed by atoms with van der Waals surface area (Å²) in [5.41, 5.74) is -1.28. The summed E-state index contributed by atoms with van der Waals surface area (Å²) in [6, 6.07) is 18.0. The zero-order chi connectivity index (χ0) is 44.0. The van der Waals surface area contributed by atoms with E-state index in [1.165, 1.54) is 0 Å². The van der Waals surface area contributed by atoms with Gasteiger partial charge in [-0.1, -0.05) is 63.0 Å². The van der Waals surface area contributed by atoms with E-state index >= 15 is 0 Å². The average molecular weight is 959 g/mol. The molecule has 0 fully saturated rings. The normalized spacial score (nSPS) is 11.9. The van der Waals surface area contributed by atoms with Gasteiger partial charge in [-0.3, -0.25) is 0 Å². The van der Waals surface area contributed by atoms with Crippen molar-refractivity contribution in [2.75, 3.05) is 0 Å². The van der Waals surface area contributed by atoms with Gasteiger partial charge in [0, 0.05) is 9.52 Å². The second-order valence-electron chi connectivity index (χ2n) is 13.1. The van der Waals surface area contributed by atoms with E-state index in [9.17, 15) is 52.7 Å². The van der Waals surface area contributed by atoms with E-state index in [0.717, 1.165) is 55.7 Å². The Bertz CT molecular complexity index is 2070. The molecule has 0 aliphatic heterocycles. The zero-order valence-corrected chi connectivity index (χ0v) is 36.8. The molecular weight excluding hydrogens is 923 g/mol. The molecular formula is C42H36Cl2F12SiZr. The molecule has 0 heterocycles. The zero-order valence-electron chi connectivity index (χ0n) is 31.8. The average Bonchev–Trinajstić information content (AvgIpc) is 3.70. The first-order chi connectivity index (χ1) is 26.8. The summed E-state index contributed by atoms with van der Waals surface area (Å²) in [7, 11) is 11.0. The van der Waals surface area contributed by atoms with Gasteiger partial charge in [-0.25, -0.2) is 0 Å². The Labute approximate surface area is 349 Å². The maximum absolute atomic E-state index is 13.2. The summed E-state index contributed by atoms with van der Waals surface area (Å²) in [5.74, 6) is 0. The predicted molar refractivity (Wildman–Crippen MR) is 207 cm³/mol. The van der Waals surface area contributed by atoms with Crippen molar-refractivity contribution in [3.05, 3.63) is 129 Å². The van der Waals surface area contributed by atoms with E-state index in [-0.39, 0.29) is 23.3 Å². The first kappa shape index (κ1) is 49.3. The first-order valence-corrected chi connectivity index (χ1v) is 25.7. The number of aryl methyl sites for hydroxylation is 4. The van der Waals surface area contributed by atoms with Gasteiger partial charge in [-0.15, -0.1) is 69.1 Å². The van der Waals surface area contributed by atoms with Crippen LogP contribution in [0, 0.1) is 13.8 Å². The van der Waals surface area contributed by atoms with Crippen LogP contribution in [-0.4, -0.2) is 9.52 Å². The van der Waals surface area contributed by atoms with Crippen molar-refractivity contribution in [1.29, 1.82) is 0 Å². The number of fused-ring (bicyclic) bond motifs is 2. The van der Waals surface area contributed by atoms with Crippen LogP contribution < -0.4 is 0 Å². The van der Waals surface area contributed by atoms with Crippen LogP contribution in [-0.2, 0) is 58.4 Å². The van der Waals surface area contributed by atoms with Crippen molar-refractivity contribution in [3.8, 4) is 22.3 Å². The molecule has 16 heteroatoms. The van der Waals surface area contributed by atoms with Crippen LogP contribution in [0.3, 0.4) is 0 Å². The van der Waals surface area contributed by atoms with Gasteiger partial charge < -0.3 is 0 Å². The first-order valence-electron chi connectivity index (χ1n) is 17.4. The van der Waals surface area contributed by atoms with Crippen LogP contribution in [0.1, 0.15) is 58.4 Å². The fourth-order valence-corrected chi connectivity index (χ4v) is 6.42. The summed E-state index contributed by atoms with van der Waals surface area (Å²) in [6.07, 6.45) is -18.5. The van der Waals surface area contributed by atoms with Gasteiger partial charge in [0.2, 0.25) is 0 Å². The van der Waals surface area contributed by atoms with E-state index in [0.29, 0.717) is 45.9 Å². The molecule has 0 spiro atoms. The fraction of sp³-hybridized carbons (Fsp3) is 0.286. The molecule has 0 amide bonds. The van der Waals surface area contributed by atoms with Gasteiger partial charge in [-0.2, -0.15) is 64.8 Å². The van der Waals surface area contributed by atoms with Gasteiger partial charge in [0.25, 0.3) is 0 Å². The van der Waals surface area contributed by atoms with E-state index in [1.807, 2.05) is 52.0 Å². The minimum atomic E-state index is -4.86. The van der Waals surface area contributed by atoms with E-state index < -0.39 is 67.8 Å². The quantitative estimate of drug-likeness (QED) is 0.0938. The number of rotatable bonds is 4. The molecule has 0 saturated carbocycles. The summed E-state index contributed by atoms with van der Waals surface area (Å²) in [6.45, 7) is 11.6. The van der Waals surface area contributed by atoms with Crippen LogP contribution in [0.4, 0.5) is 52.7 Å². The Kier molecular flexibility index (Phi) is 17.0. The van der Waals surface area contributed by atoms with Gasteiger partial charge in [-0.05, 0) is 60.4 Å². The number of alkyl halides is 12. The number of benzene rings is 4. The van der Waals surface area contributed by atoms with Crippen molar-refractivity contribution in [3.63, 3.8) is 0 Å². The number of halogens is 14. The van der Waals surface area contributed by atoms with Crippen molar-refractivity contribution in [1.82, 2.24) is 0 Å². The summed E-state index contributed by atoms with van der Waals surface area (Å²) in [4.78, 5) is 0. The van der Waals surface area contributed by atoms with Gasteiger partial charge >= 0.3 is 62.6 Å². The second-order valence-corrected chi connectivity index (χ2v) is 17.9. The molecule has 0 aromatic heterocycles. The molecule has 0 N–H and O–H groups in total. The minimum absolute atomic E-state index is 0.0693. The topological polar surface area (TPSA) is 0 Å². The molecule has 0 aliphatic rings. The monoisotopic (exact) mass is 956 g/mol. The van der Waals surface area contributed by atoms with Gasteiger partial charge in [0.05, 0.1) is 22.3 Å². The molecule has 2 radical (unpaired) electrons. The second kappa shape index (κ2) is 20.0. The van der Waals surface area contributed by atoms with Crippen LogP contribution >= 0.6 is 17.0 Å². The molecule has 310 valence electrons. The summed E-state index contributed by atoms with van der Waals surface area (Å²) < 4.78 is 158. The third-order valence-electron chi connectivity index (χ3n) is 8.76. The molecule has 0 nitrogen and oxygen atoms in total. The van der Waals surface area contributed by atoms with Crippen molar-refractivity contribution < 1.29 is 73.5 Å². The molecule has 0 unspecified atom stereocenters. The molecule has 58 heavy (non-hydrogen) atoms. The molecule has 0 aliphatic carbocycles. The van der Waals surface area contributed by atoms with Crippen molar-refractivity contribution in [2.45, 2.75) is 78.3 Å². The van der Waals surface area contributed by atoms with Gasteiger partial charge in [0.15, 0.2) is 0 Å². The Hall–Kier alpha value is -3.06. The van der Waals surface area contributed by atoms with Gasteiger partial charge in [0.1, 0.15) is 0 Å². The van der Waals surface area contributed by atoms with E-state index in [1.54, 1.807) is 24.3 Å². The summed E-state index contributed by atoms with van der Waals surface area (Å²) >= 11 is -0.826. The number of hydrogen-bond acceptors (Lipinski definition) is 0. The van der Waals surface area contributed by atoms with Crippen LogP contribution in [0.5, 0.6) is 0 Å². The van der Waals surface area contributed by atoms with E-state index in [4.69, 9.17) is 17.0 Å². The molecule has 0 atom stereocenters. The SMILES string of the molecule is CCc1ccc2[cH-]c(C)cc2c1-c1cc(C(F)(F)F)cc(C(F)(F)F)c1.CCc1ccc2[cH-]c(C)cc2c1-c1cc(C(F)(F)F)cc(C(F)(F)F)c1.C[Si]C.[Cl][Zr+2][Cl]. The van der Waals surface area contributed by atoms with E-state index in [2.05, 4.69) is 13.1 Å². The third kappa shape index (κ3) is 12.5. The molecule has 0 saturated heterocycles. The standard InChI is InChI=1S/2C20H15F6.C2H6Si.2ClH.Zr/c2*1-3-12-4-5-13-6-11(2)7-17(13)18(12)14-8-15(19(21,22)23)10-16(9-14)20(24,25)26;1-3-2;;;/h2*4-10H,3H2,1-2H3;1-2H3;2*1H;/q2*-1;;;;+4/p-2. The molecule has 6 aromatic rings. The Morgan fingerprint density at radius 1 is 0.500 bits per heavy atom. The fourth-order valence-electron chi connectivity index (χ4n) is 6.42. The molecule has 6 rings (SSSR count). The maximum atomic E-state index is 13.2. The van der Waals surface area contributed by atoms with Crippen LogP contribution in [0.15, 0.2) is 84.9 Å². The number of hydrogen-bond donors (Lipinski definition) is 0. The Balaban J connectivity index is 0.000000273. The Morgan fingerprint density at radius 2 is 0.759 bits per heavy atom. The predicted octanol–water partition coefficient (Wildman–Crippen LogP) is 16.4.